The molecule has 3 aromatic rings. The fourth-order valence-electron chi connectivity index (χ4n) is 3.47. The van der Waals surface area contributed by atoms with Crippen LogP contribution in [0.25, 0.3) is 11.0 Å². The van der Waals surface area contributed by atoms with Crippen LogP contribution in [0, 0.1) is 6.92 Å². The van der Waals surface area contributed by atoms with E-state index in [-0.39, 0.29) is 22.8 Å². The normalized spacial score (nSPS) is 19.3. The maximum absolute atomic E-state index is 12.9. The van der Waals surface area contributed by atoms with E-state index in [1.807, 2.05) is 26.0 Å². The van der Waals surface area contributed by atoms with Crippen molar-refractivity contribution in [2.45, 2.75) is 38.5 Å². The minimum atomic E-state index is -1.06. The van der Waals surface area contributed by atoms with Gasteiger partial charge in [0.05, 0.1) is 10.9 Å². The summed E-state index contributed by atoms with van der Waals surface area (Å²) < 4.78 is 11.8. The number of furan rings is 1. The van der Waals surface area contributed by atoms with E-state index in [4.69, 9.17) is 13.9 Å². The van der Waals surface area contributed by atoms with Crippen molar-refractivity contribution in [1.29, 1.82) is 0 Å². The van der Waals surface area contributed by atoms with Gasteiger partial charge in [0.25, 0.3) is 0 Å². The van der Waals surface area contributed by atoms with Crippen LogP contribution in [0.1, 0.15) is 58.4 Å². The molecule has 1 aliphatic rings. The highest BCUT2D eigenvalue weighted by molar-refractivity contribution is 5.92. The highest BCUT2D eigenvalue weighted by Crippen LogP contribution is 2.55. The monoisotopic (exact) mass is 338 g/mol. The molecule has 4 rings (SSSR count). The maximum atomic E-state index is 12.9. The van der Waals surface area contributed by atoms with Crippen molar-refractivity contribution in [2.75, 3.05) is 0 Å². The number of aryl methyl sites for hydroxylation is 1. The molecule has 0 bridgehead atoms. The predicted octanol–water partition coefficient (Wildman–Crippen LogP) is 4.23. The van der Waals surface area contributed by atoms with Gasteiger partial charge in [-0.15, -0.1) is 0 Å². The molecule has 0 spiro atoms. The Balaban J connectivity index is 1.81. The van der Waals surface area contributed by atoms with Gasteiger partial charge < -0.3 is 13.9 Å². The number of carboxylic acid groups (broad SMARTS) is 1. The summed E-state index contributed by atoms with van der Waals surface area (Å²) in [5, 5.41) is 9.46. The van der Waals surface area contributed by atoms with Crippen LogP contribution in [0.3, 0.4) is 0 Å². The number of rotatable bonds is 4. The Morgan fingerprint density at radius 2 is 2.00 bits per heavy atom. The Bertz CT molecular complexity index is 1040. The van der Waals surface area contributed by atoms with Crippen LogP contribution in [-0.4, -0.2) is 11.1 Å². The van der Waals surface area contributed by atoms with E-state index < -0.39 is 5.97 Å². The van der Waals surface area contributed by atoms with Gasteiger partial charge in [0.1, 0.15) is 22.9 Å². The second-order valence-electron chi connectivity index (χ2n) is 6.54. The fourth-order valence-corrected chi connectivity index (χ4v) is 3.47. The van der Waals surface area contributed by atoms with Crippen LogP contribution in [-0.2, 0) is 6.42 Å². The standard InChI is InChI=1S/C20H18O5/c1-3-12-18(21)15-8-11(20(22)23)5-7-17(15)25-19(12)14-9-13(14)16-6-4-10(2)24-16/h4-8,13-14H,3,9H2,1-2H3,(H,22,23). The summed E-state index contributed by atoms with van der Waals surface area (Å²) in [4.78, 5) is 24.0. The SMILES string of the molecule is CCc1c(C2CC2c2ccc(C)o2)oc2ccc(C(=O)O)cc2c1=O. The third kappa shape index (κ3) is 2.56. The fraction of sp³-hybridized carbons (Fsp3) is 0.300. The average molecular weight is 338 g/mol. The summed E-state index contributed by atoms with van der Waals surface area (Å²) in [6.07, 6.45) is 1.44. The highest BCUT2D eigenvalue weighted by Gasteiger charge is 2.45. The molecular formula is C20H18O5. The molecule has 5 nitrogen and oxygen atoms in total. The van der Waals surface area contributed by atoms with E-state index >= 15 is 0 Å². The van der Waals surface area contributed by atoms with Crippen molar-refractivity contribution in [1.82, 2.24) is 0 Å². The van der Waals surface area contributed by atoms with Gasteiger partial charge >= 0.3 is 5.97 Å². The first-order chi connectivity index (χ1) is 12.0. The van der Waals surface area contributed by atoms with Crippen LogP contribution in [0.15, 0.2) is 44.0 Å². The van der Waals surface area contributed by atoms with Crippen LogP contribution in [0.4, 0.5) is 0 Å². The first kappa shape index (κ1) is 15.7. The van der Waals surface area contributed by atoms with E-state index in [2.05, 4.69) is 0 Å². The molecule has 1 fully saturated rings. The van der Waals surface area contributed by atoms with Crippen LogP contribution in [0.2, 0.25) is 0 Å². The molecule has 2 heterocycles. The Morgan fingerprint density at radius 1 is 1.20 bits per heavy atom. The molecule has 25 heavy (non-hydrogen) atoms. The van der Waals surface area contributed by atoms with Gasteiger partial charge in [-0.3, -0.25) is 4.79 Å². The van der Waals surface area contributed by atoms with E-state index in [9.17, 15) is 9.59 Å². The van der Waals surface area contributed by atoms with Gasteiger partial charge in [-0.1, -0.05) is 6.92 Å². The number of fused-ring (bicyclic) bond motifs is 1. The second kappa shape index (κ2) is 5.62. The molecule has 0 radical (unpaired) electrons. The molecule has 0 amide bonds. The summed E-state index contributed by atoms with van der Waals surface area (Å²) in [5.41, 5.74) is 1.02. The first-order valence-electron chi connectivity index (χ1n) is 8.38. The van der Waals surface area contributed by atoms with Crippen molar-refractivity contribution in [3.05, 3.63) is 69.0 Å². The van der Waals surface area contributed by atoms with Gasteiger partial charge in [0.2, 0.25) is 0 Å². The molecule has 1 N–H and O–H groups in total. The quantitative estimate of drug-likeness (QED) is 0.770. The minimum Gasteiger partial charge on any atom is -0.478 e. The minimum absolute atomic E-state index is 0.0879. The summed E-state index contributed by atoms with van der Waals surface area (Å²) in [6, 6.07) is 8.34. The first-order valence-corrected chi connectivity index (χ1v) is 8.38. The second-order valence-corrected chi connectivity index (χ2v) is 6.54. The summed E-state index contributed by atoms with van der Waals surface area (Å²) >= 11 is 0. The van der Waals surface area contributed by atoms with Gasteiger partial charge in [0.15, 0.2) is 5.43 Å². The molecule has 0 aliphatic heterocycles. The molecule has 2 atom stereocenters. The van der Waals surface area contributed by atoms with E-state index in [1.54, 1.807) is 6.07 Å². The van der Waals surface area contributed by atoms with E-state index in [0.29, 0.717) is 28.7 Å². The molecule has 2 aromatic heterocycles. The van der Waals surface area contributed by atoms with Gasteiger partial charge in [-0.25, -0.2) is 4.79 Å². The van der Waals surface area contributed by atoms with Crippen LogP contribution >= 0.6 is 0 Å². The van der Waals surface area contributed by atoms with E-state index in [0.717, 1.165) is 17.9 Å². The number of carbonyl (C=O) groups is 1. The summed E-state index contributed by atoms with van der Waals surface area (Å²) in [6.45, 7) is 3.83. The molecule has 128 valence electrons. The number of carboxylic acids is 1. The van der Waals surface area contributed by atoms with Crippen molar-refractivity contribution in [3.63, 3.8) is 0 Å². The lowest BCUT2D eigenvalue weighted by molar-refractivity contribution is 0.0697. The van der Waals surface area contributed by atoms with Crippen LogP contribution in [0.5, 0.6) is 0 Å². The third-order valence-electron chi connectivity index (χ3n) is 4.87. The molecule has 5 heteroatoms. The molecule has 1 saturated carbocycles. The van der Waals surface area contributed by atoms with Crippen molar-refractivity contribution in [2.24, 2.45) is 0 Å². The van der Waals surface area contributed by atoms with Crippen molar-refractivity contribution >= 4 is 16.9 Å². The largest absolute Gasteiger partial charge is 0.478 e. The maximum Gasteiger partial charge on any atom is 0.335 e. The Hall–Kier alpha value is -2.82. The molecule has 1 aliphatic carbocycles. The number of aromatic carboxylic acids is 1. The van der Waals surface area contributed by atoms with Gasteiger partial charge in [-0.2, -0.15) is 0 Å². The molecule has 1 aromatic carbocycles. The predicted molar refractivity (Wildman–Crippen MR) is 92.4 cm³/mol. The zero-order valence-electron chi connectivity index (χ0n) is 14.0. The lowest BCUT2D eigenvalue weighted by Crippen LogP contribution is -2.12. The Kier molecular flexibility index (Phi) is 3.53. The highest BCUT2D eigenvalue weighted by atomic mass is 16.4. The number of benzene rings is 1. The molecular weight excluding hydrogens is 320 g/mol. The average Bonchev–Trinajstić information content (AvgIpc) is 3.28. The molecule has 2 unspecified atom stereocenters. The smallest absolute Gasteiger partial charge is 0.335 e. The van der Waals surface area contributed by atoms with E-state index in [1.165, 1.54) is 12.1 Å². The summed E-state index contributed by atoms with van der Waals surface area (Å²) in [5.74, 6) is 1.82. The summed E-state index contributed by atoms with van der Waals surface area (Å²) in [7, 11) is 0. The number of hydrogen-bond donors (Lipinski definition) is 1. The molecule has 0 saturated heterocycles. The Morgan fingerprint density at radius 3 is 2.64 bits per heavy atom. The number of hydrogen-bond acceptors (Lipinski definition) is 4. The zero-order valence-corrected chi connectivity index (χ0v) is 14.0. The van der Waals surface area contributed by atoms with Gasteiger partial charge in [0, 0.05) is 17.4 Å². The topological polar surface area (TPSA) is 80.7 Å². The van der Waals surface area contributed by atoms with Crippen molar-refractivity contribution < 1.29 is 18.7 Å². The zero-order chi connectivity index (χ0) is 17.7. The van der Waals surface area contributed by atoms with Crippen LogP contribution < -0.4 is 5.43 Å². The van der Waals surface area contributed by atoms with Crippen molar-refractivity contribution in [3.8, 4) is 0 Å². The van der Waals surface area contributed by atoms with Gasteiger partial charge in [-0.05, 0) is 50.1 Å². The lowest BCUT2D eigenvalue weighted by atomic mass is 10.0. The Labute approximate surface area is 143 Å². The lowest BCUT2D eigenvalue weighted by Gasteiger charge is -2.09. The third-order valence-corrected chi connectivity index (χ3v) is 4.87.